The van der Waals surface area contributed by atoms with Crippen LogP contribution in [0.5, 0.6) is 0 Å². The summed E-state index contributed by atoms with van der Waals surface area (Å²) in [6.45, 7) is -0.116. The molecule has 0 aliphatic rings. The molecule has 0 radical (unpaired) electrons. The SMILES string of the molecule is NNc1cc(CO)ccc1F. The van der Waals surface area contributed by atoms with Crippen LogP contribution in [0.2, 0.25) is 0 Å². The Bertz CT molecular complexity index is 252. The Morgan fingerprint density at radius 2 is 2.27 bits per heavy atom. The van der Waals surface area contributed by atoms with Crippen LogP contribution in [-0.4, -0.2) is 5.11 Å². The molecular weight excluding hydrogens is 147 g/mol. The van der Waals surface area contributed by atoms with Crippen molar-refractivity contribution in [3.8, 4) is 0 Å². The number of halogens is 1. The van der Waals surface area contributed by atoms with E-state index in [4.69, 9.17) is 10.9 Å². The highest BCUT2D eigenvalue weighted by molar-refractivity contribution is 5.45. The van der Waals surface area contributed by atoms with Gasteiger partial charge in [-0.2, -0.15) is 0 Å². The zero-order chi connectivity index (χ0) is 8.27. The Kier molecular flexibility index (Phi) is 2.40. The van der Waals surface area contributed by atoms with Crippen LogP contribution in [0, 0.1) is 5.82 Å². The van der Waals surface area contributed by atoms with Crippen LogP contribution in [0.4, 0.5) is 10.1 Å². The Morgan fingerprint density at radius 3 is 2.82 bits per heavy atom. The summed E-state index contributed by atoms with van der Waals surface area (Å²) in [7, 11) is 0. The fraction of sp³-hybridized carbons (Fsp3) is 0.143. The van der Waals surface area contributed by atoms with Crippen molar-refractivity contribution in [2.45, 2.75) is 6.61 Å². The van der Waals surface area contributed by atoms with Gasteiger partial charge in [0.05, 0.1) is 12.3 Å². The molecule has 4 N–H and O–H groups in total. The highest BCUT2D eigenvalue weighted by Crippen LogP contribution is 2.14. The lowest BCUT2D eigenvalue weighted by molar-refractivity contribution is 0.282. The van der Waals surface area contributed by atoms with Crippen molar-refractivity contribution in [2.75, 3.05) is 5.43 Å². The van der Waals surface area contributed by atoms with E-state index in [-0.39, 0.29) is 12.3 Å². The molecular formula is C7H9FN2O. The third-order valence-corrected chi connectivity index (χ3v) is 1.37. The Labute approximate surface area is 63.6 Å². The number of hydrogen-bond acceptors (Lipinski definition) is 3. The van der Waals surface area contributed by atoms with Gasteiger partial charge in [-0.25, -0.2) is 4.39 Å². The largest absolute Gasteiger partial charge is 0.392 e. The van der Waals surface area contributed by atoms with E-state index in [9.17, 15) is 4.39 Å². The van der Waals surface area contributed by atoms with Crippen LogP contribution in [0.3, 0.4) is 0 Å². The molecule has 1 aromatic carbocycles. The molecule has 0 bridgehead atoms. The molecule has 60 valence electrons. The quantitative estimate of drug-likeness (QED) is 0.434. The predicted octanol–water partition coefficient (Wildman–Crippen LogP) is 0.604. The van der Waals surface area contributed by atoms with E-state index in [1.807, 2.05) is 0 Å². The molecule has 0 aliphatic heterocycles. The third kappa shape index (κ3) is 1.66. The number of anilines is 1. The standard InChI is InChI=1S/C7H9FN2O/c8-6-2-1-5(4-11)3-7(6)10-9/h1-3,10-11H,4,9H2. The van der Waals surface area contributed by atoms with E-state index in [1.165, 1.54) is 18.2 Å². The van der Waals surface area contributed by atoms with Gasteiger partial charge in [-0.15, -0.1) is 0 Å². The first kappa shape index (κ1) is 7.97. The average molecular weight is 156 g/mol. The fourth-order valence-electron chi connectivity index (χ4n) is 0.781. The van der Waals surface area contributed by atoms with Crippen LogP contribution in [0.25, 0.3) is 0 Å². The first-order valence-electron chi connectivity index (χ1n) is 3.14. The van der Waals surface area contributed by atoms with E-state index in [0.717, 1.165) is 0 Å². The summed E-state index contributed by atoms with van der Waals surface area (Å²) in [5.41, 5.74) is 3.00. The molecule has 0 aromatic heterocycles. The van der Waals surface area contributed by atoms with E-state index < -0.39 is 5.82 Å². The summed E-state index contributed by atoms with van der Waals surface area (Å²) in [5, 5.41) is 8.66. The van der Waals surface area contributed by atoms with Gasteiger partial charge in [0, 0.05) is 0 Å². The second-order valence-electron chi connectivity index (χ2n) is 2.12. The predicted molar refractivity (Wildman–Crippen MR) is 40.1 cm³/mol. The molecule has 0 unspecified atom stereocenters. The lowest BCUT2D eigenvalue weighted by Gasteiger charge is -2.02. The number of aliphatic hydroxyl groups is 1. The molecule has 1 rings (SSSR count). The number of nitrogens with two attached hydrogens (primary N) is 1. The maximum atomic E-state index is 12.7. The van der Waals surface area contributed by atoms with Crippen LogP contribution in [0.15, 0.2) is 18.2 Å². The molecule has 0 saturated heterocycles. The fourth-order valence-corrected chi connectivity index (χ4v) is 0.781. The van der Waals surface area contributed by atoms with Crippen molar-refractivity contribution in [1.29, 1.82) is 0 Å². The van der Waals surface area contributed by atoms with Gasteiger partial charge >= 0.3 is 0 Å². The van der Waals surface area contributed by atoms with Gasteiger partial charge in [0.1, 0.15) is 5.82 Å². The zero-order valence-corrected chi connectivity index (χ0v) is 5.84. The van der Waals surface area contributed by atoms with Crippen molar-refractivity contribution in [2.24, 2.45) is 5.84 Å². The van der Waals surface area contributed by atoms with Crippen molar-refractivity contribution in [3.63, 3.8) is 0 Å². The maximum Gasteiger partial charge on any atom is 0.147 e. The van der Waals surface area contributed by atoms with Gasteiger partial charge in [0.15, 0.2) is 0 Å². The van der Waals surface area contributed by atoms with Gasteiger partial charge in [-0.05, 0) is 17.7 Å². The molecule has 0 spiro atoms. The monoisotopic (exact) mass is 156 g/mol. The Balaban J connectivity index is 3.02. The Morgan fingerprint density at radius 1 is 1.55 bits per heavy atom. The van der Waals surface area contributed by atoms with Gasteiger partial charge in [-0.3, -0.25) is 5.84 Å². The first-order chi connectivity index (χ1) is 5.27. The second kappa shape index (κ2) is 3.32. The van der Waals surface area contributed by atoms with Crippen LogP contribution >= 0.6 is 0 Å². The van der Waals surface area contributed by atoms with Crippen molar-refractivity contribution in [1.82, 2.24) is 0 Å². The van der Waals surface area contributed by atoms with Crippen molar-refractivity contribution in [3.05, 3.63) is 29.6 Å². The zero-order valence-electron chi connectivity index (χ0n) is 5.84. The topological polar surface area (TPSA) is 58.3 Å². The summed E-state index contributed by atoms with van der Waals surface area (Å²) in [6, 6.07) is 4.20. The minimum Gasteiger partial charge on any atom is -0.392 e. The lowest BCUT2D eigenvalue weighted by Crippen LogP contribution is -2.08. The van der Waals surface area contributed by atoms with E-state index in [1.54, 1.807) is 0 Å². The molecule has 0 atom stereocenters. The minimum atomic E-state index is -0.426. The van der Waals surface area contributed by atoms with E-state index in [0.29, 0.717) is 5.56 Å². The minimum absolute atomic E-state index is 0.116. The first-order valence-corrected chi connectivity index (χ1v) is 3.14. The van der Waals surface area contributed by atoms with E-state index >= 15 is 0 Å². The van der Waals surface area contributed by atoms with Crippen molar-refractivity contribution >= 4 is 5.69 Å². The summed E-state index contributed by atoms with van der Waals surface area (Å²) in [4.78, 5) is 0. The normalized spacial score (nSPS) is 9.73. The maximum absolute atomic E-state index is 12.7. The lowest BCUT2D eigenvalue weighted by atomic mass is 10.2. The Hall–Kier alpha value is -1.13. The molecule has 3 nitrogen and oxygen atoms in total. The smallest absolute Gasteiger partial charge is 0.147 e. The van der Waals surface area contributed by atoms with E-state index in [2.05, 4.69) is 5.43 Å². The molecule has 0 saturated carbocycles. The third-order valence-electron chi connectivity index (χ3n) is 1.37. The average Bonchev–Trinajstić information content (AvgIpc) is 2.05. The van der Waals surface area contributed by atoms with Crippen LogP contribution in [0.1, 0.15) is 5.56 Å². The number of hydrogen-bond donors (Lipinski definition) is 3. The molecule has 11 heavy (non-hydrogen) atoms. The molecule has 0 heterocycles. The van der Waals surface area contributed by atoms with Crippen molar-refractivity contribution < 1.29 is 9.50 Å². The van der Waals surface area contributed by atoms with Gasteiger partial charge < -0.3 is 10.5 Å². The second-order valence-corrected chi connectivity index (χ2v) is 2.12. The molecule has 0 amide bonds. The number of nitrogens with one attached hydrogen (secondary N) is 1. The van der Waals surface area contributed by atoms with Crippen LogP contribution in [-0.2, 0) is 6.61 Å². The summed E-state index contributed by atoms with van der Waals surface area (Å²) in [5.74, 6) is 4.58. The number of aliphatic hydroxyl groups excluding tert-OH is 1. The van der Waals surface area contributed by atoms with Crippen LogP contribution < -0.4 is 11.3 Å². The highest BCUT2D eigenvalue weighted by atomic mass is 19.1. The number of nitrogen functional groups attached to an aromatic ring is 1. The summed E-state index contributed by atoms with van der Waals surface area (Å²) in [6.07, 6.45) is 0. The van der Waals surface area contributed by atoms with Gasteiger partial charge in [0.25, 0.3) is 0 Å². The molecule has 4 heteroatoms. The summed E-state index contributed by atoms with van der Waals surface area (Å²) >= 11 is 0. The number of hydrazine groups is 1. The van der Waals surface area contributed by atoms with Gasteiger partial charge in [-0.1, -0.05) is 6.07 Å². The molecule has 1 aromatic rings. The highest BCUT2D eigenvalue weighted by Gasteiger charge is 1.99. The number of benzene rings is 1. The van der Waals surface area contributed by atoms with Gasteiger partial charge in [0.2, 0.25) is 0 Å². The molecule has 0 fully saturated rings. The molecule has 0 aliphatic carbocycles. The number of rotatable bonds is 2. The summed E-state index contributed by atoms with van der Waals surface area (Å²) < 4.78 is 12.7.